The summed E-state index contributed by atoms with van der Waals surface area (Å²) in [5.74, 6) is 0.0539. The van der Waals surface area contributed by atoms with E-state index in [0.717, 1.165) is 21.8 Å². The molecule has 1 saturated heterocycles. The Bertz CT molecular complexity index is 664. The van der Waals surface area contributed by atoms with E-state index < -0.39 is 19.9 Å². The van der Waals surface area contributed by atoms with Gasteiger partial charge in [-0.3, -0.25) is 0 Å². The van der Waals surface area contributed by atoms with E-state index in [1.54, 1.807) is 6.07 Å². The zero-order chi connectivity index (χ0) is 14.3. The lowest BCUT2D eigenvalue weighted by Gasteiger charge is -2.25. The van der Waals surface area contributed by atoms with Gasteiger partial charge in [-0.25, -0.2) is 16.8 Å². The van der Waals surface area contributed by atoms with Gasteiger partial charge in [0.15, 0.2) is 9.84 Å². The molecule has 19 heavy (non-hydrogen) atoms. The van der Waals surface area contributed by atoms with Crippen LogP contribution in [0.1, 0.15) is 10.4 Å². The van der Waals surface area contributed by atoms with Crippen LogP contribution in [0.25, 0.3) is 0 Å². The van der Waals surface area contributed by atoms with Gasteiger partial charge in [-0.2, -0.15) is 4.31 Å². The highest BCUT2D eigenvalue weighted by Gasteiger charge is 2.32. The minimum Gasteiger partial charge on any atom is -0.229 e. The van der Waals surface area contributed by atoms with Crippen molar-refractivity contribution in [3.63, 3.8) is 0 Å². The molecule has 2 rings (SSSR count). The normalized spacial score (nSPS) is 20.5. The lowest BCUT2D eigenvalue weighted by molar-refractivity contribution is 0.432. The molecule has 1 aliphatic rings. The van der Waals surface area contributed by atoms with Crippen LogP contribution in [-0.4, -0.2) is 45.7 Å². The van der Waals surface area contributed by atoms with E-state index in [1.807, 2.05) is 6.92 Å². The molecular formula is C10H14ClNO4S3. The number of hydrogen-bond donors (Lipinski definition) is 0. The van der Waals surface area contributed by atoms with Gasteiger partial charge in [0.1, 0.15) is 4.21 Å². The number of sulfone groups is 1. The third-order valence-electron chi connectivity index (χ3n) is 3.02. The molecule has 1 aliphatic heterocycles. The molecule has 108 valence electrons. The van der Waals surface area contributed by atoms with Crippen molar-refractivity contribution in [2.45, 2.75) is 17.0 Å². The Kier molecular flexibility index (Phi) is 4.27. The first-order valence-corrected chi connectivity index (χ1v) is 10.2. The van der Waals surface area contributed by atoms with Crippen LogP contribution in [0.5, 0.6) is 0 Å². The summed E-state index contributed by atoms with van der Waals surface area (Å²) < 4.78 is 48.9. The van der Waals surface area contributed by atoms with Gasteiger partial charge in [0.25, 0.3) is 10.0 Å². The Morgan fingerprint density at radius 3 is 2.42 bits per heavy atom. The highest BCUT2D eigenvalue weighted by atomic mass is 35.5. The van der Waals surface area contributed by atoms with Crippen LogP contribution in [0.2, 0.25) is 0 Å². The van der Waals surface area contributed by atoms with Crippen molar-refractivity contribution in [2.24, 2.45) is 0 Å². The van der Waals surface area contributed by atoms with Crippen LogP contribution in [0.4, 0.5) is 0 Å². The van der Waals surface area contributed by atoms with Crippen molar-refractivity contribution >= 4 is 42.8 Å². The van der Waals surface area contributed by atoms with Crippen LogP contribution in [-0.2, 0) is 25.7 Å². The molecule has 5 nitrogen and oxygen atoms in total. The molecule has 0 aliphatic carbocycles. The third kappa shape index (κ3) is 3.13. The molecule has 0 amide bonds. The molecule has 1 aromatic heterocycles. The molecule has 2 heterocycles. The second kappa shape index (κ2) is 5.33. The lowest BCUT2D eigenvalue weighted by atomic mass is 10.3. The monoisotopic (exact) mass is 343 g/mol. The maximum atomic E-state index is 12.4. The lowest BCUT2D eigenvalue weighted by Crippen LogP contribution is -2.43. The van der Waals surface area contributed by atoms with Gasteiger partial charge in [0.2, 0.25) is 0 Å². The molecule has 0 unspecified atom stereocenters. The van der Waals surface area contributed by atoms with Crippen molar-refractivity contribution in [3.05, 3.63) is 16.5 Å². The Morgan fingerprint density at radius 2 is 1.95 bits per heavy atom. The average molecular weight is 344 g/mol. The number of halogens is 1. The van der Waals surface area contributed by atoms with Crippen LogP contribution in [0, 0.1) is 6.92 Å². The smallest absolute Gasteiger partial charge is 0.229 e. The quantitative estimate of drug-likeness (QED) is 0.773. The van der Waals surface area contributed by atoms with E-state index in [9.17, 15) is 16.8 Å². The molecule has 0 N–H and O–H groups in total. The maximum Gasteiger partial charge on any atom is 0.252 e. The number of aryl methyl sites for hydroxylation is 1. The molecule has 0 bridgehead atoms. The molecular weight excluding hydrogens is 330 g/mol. The van der Waals surface area contributed by atoms with Crippen LogP contribution >= 0.6 is 22.9 Å². The first kappa shape index (κ1) is 15.2. The SMILES string of the molecule is Cc1cc(S(=O)(=O)N2CCS(=O)(=O)CC2)sc1CCl. The molecule has 9 heteroatoms. The average Bonchev–Trinajstić information content (AvgIpc) is 2.70. The van der Waals surface area contributed by atoms with Gasteiger partial charge >= 0.3 is 0 Å². The topological polar surface area (TPSA) is 71.5 Å². The van der Waals surface area contributed by atoms with Crippen molar-refractivity contribution in [1.29, 1.82) is 0 Å². The Hall–Kier alpha value is -0.150. The number of alkyl halides is 1. The van der Waals surface area contributed by atoms with Crippen molar-refractivity contribution in [3.8, 4) is 0 Å². The molecule has 1 aromatic rings. The summed E-state index contributed by atoms with van der Waals surface area (Å²) >= 11 is 6.89. The van der Waals surface area contributed by atoms with Crippen LogP contribution in [0.3, 0.4) is 0 Å². The van der Waals surface area contributed by atoms with Crippen LogP contribution < -0.4 is 0 Å². The number of nitrogens with zero attached hydrogens (tertiary/aromatic N) is 1. The molecule has 1 fully saturated rings. The number of rotatable bonds is 3. The Morgan fingerprint density at radius 1 is 1.37 bits per heavy atom. The summed E-state index contributed by atoms with van der Waals surface area (Å²) in [4.78, 5) is 0.824. The summed E-state index contributed by atoms with van der Waals surface area (Å²) in [6, 6.07) is 1.60. The maximum absolute atomic E-state index is 12.4. The van der Waals surface area contributed by atoms with Gasteiger partial charge < -0.3 is 0 Å². The highest BCUT2D eigenvalue weighted by molar-refractivity contribution is 7.92. The van der Waals surface area contributed by atoms with E-state index in [4.69, 9.17) is 11.6 Å². The summed E-state index contributed by atoms with van der Waals surface area (Å²) in [6.07, 6.45) is 0. The fourth-order valence-corrected chi connectivity index (χ4v) is 6.65. The first-order valence-electron chi connectivity index (χ1n) is 5.62. The minimum atomic E-state index is -3.60. The van der Waals surface area contributed by atoms with Gasteiger partial charge in [-0.05, 0) is 18.6 Å². The molecule has 0 radical (unpaired) electrons. The molecule has 0 atom stereocenters. The fraction of sp³-hybridized carbons (Fsp3) is 0.600. The fourth-order valence-electron chi connectivity index (χ4n) is 1.81. The number of thiophene rings is 1. The van der Waals surface area contributed by atoms with Gasteiger partial charge in [0, 0.05) is 18.0 Å². The van der Waals surface area contributed by atoms with E-state index in [-0.39, 0.29) is 34.7 Å². The van der Waals surface area contributed by atoms with E-state index in [2.05, 4.69) is 0 Å². The zero-order valence-electron chi connectivity index (χ0n) is 10.3. The highest BCUT2D eigenvalue weighted by Crippen LogP contribution is 2.30. The Labute approximate surface area is 122 Å². The predicted octanol–water partition coefficient (Wildman–Crippen LogP) is 1.21. The predicted molar refractivity (Wildman–Crippen MR) is 76.0 cm³/mol. The van der Waals surface area contributed by atoms with Crippen molar-refractivity contribution < 1.29 is 16.8 Å². The standard InChI is InChI=1S/C10H14ClNO4S3/c1-8-6-10(17-9(8)7-11)19(15,16)12-2-4-18(13,14)5-3-12/h6H,2-5,7H2,1H3. The molecule has 0 aromatic carbocycles. The van der Waals surface area contributed by atoms with E-state index in [0.29, 0.717) is 0 Å². The summed E-state index contributed by atoms with van der Waals surface area (Å²) in [6.45, 7) is 1.86. The third-order valence-corrected chi connectivity index (χ3v) is 8.64. The summed E-state index contributed by atoms with van der Waals surface area (Å²) in [5.41, 5.74) is 0.850. The van der Waals surface area contributed by atoms with E-state index in [1.165, 1.54) is 4.31 Å². The summed E-state index contributed by atoms with van der Waals surface area (Å²) in [5, 5.41) is 0. The second-order valence-electron chi connectivity index (χ2n) is 4.36. The number of hydrogen-bond acceptors (Lipinski definition) is 5. The summed E-state index contributed by atoms with van der Waals surface area (Å²) in [7, 11) is -6.68. The largest absolute Gasteiger partial charge is 0.252 e. The van der Waals surface area contributed by atoms with Crippen molar-refractivity contribution in [2.75, 3.05) is 24.6 Å². The number of sulfonamides is 1. The van der Waals surface area contributed by atoms with Gasteiger partial charge in [0.05, 0.1) is 17.4 Å². The Balaban J connectivity index is 2.28. The second-order valence-corrected chi connectivity index (χ2v) is 10.2. The molecule has 0 spiro atoms. The first-order chi connectivity index (χ1) is 8.76. The minimum absolute atomic E-state index is 0.0256. The molecule has 0 saturated carbocycles. The van der Waals surface area contributed by atoms with Gasteiger partial charge in [-0.1, -0.05) is 0 Å². The van der Waals surface area contributed by atoms with E-state index >= 15 is 0 Å². The van der Waals surface area contributed by atoms with Crippen molar-refractivity contribution in [1.82, 2.24) is 4.31 Å². The zero-order valence-corrected chi connectivity index (χ0v) is 13.5. The van der Waals surface area contributed by atoms with Gasteiger partial charge in [-0.15, -0.1) is 22.9 Å². The van der Waals surface area contributed by atoms with Crippen LogP contribution in [0.15, 0.2) is 10.3 Å².